The van der Waals surface area contributed by atoms with Gasteiger partial charge in [0.2, 0.25) is 0 Å². The maximum absolute atomic E-state index is 13.0. The molecule has 1 fully saturated rings. The van der Waals surface area contributed by atoms with Crippen molar-refractivity contribution < 1.29 is 4.21 Å². The second-order valence-corrected chi connectivity index (χ2v) is 9.86. The zero-order valence-electron chi connectivity index (χ0n) is 16.1. The number of hydrogen-bond acceptors (Lipinski definition) is 5. The SMILES string of the molecule is CCCS(=O)(CC1CCC(N(C)c2ncnc3[nH]ccc23)CC1)=NCC. The van der Waals surface area contributed by atoms with Crippen molar-refractivity contribution in [1.29, 1.82) is 0 Å². The van der Waals surface area contributed by atoms with Crippen LogP contribution in [-0.4, -0.2) is 50.3 Å². The molecule has 0 saturated heterocycles. The number of nitrogens with zero attached hydrogens (tertiary/aromatic N) is 4. The van der Waals surface area contributed by atoms with Crippen LogP contribution in [0.5, 0.6) is 0 Å². The van der Waals surface area contributed by atoms with E-state index in [9.17, 15) is 4.21 Å². The van der Waals surface area contributed by atoms with E-state index in [4.69, 9.17) is 0 Å². The smallest absolute Gasteiger partial charge is 0.142 e. The van der Waals surface area contributed by atoms with Gasteiger partial charge in [-0.25, -0.2) is 18.5 Å². The molecule has 1 N–H and O–H groups in total. The number of aromatic amines is 1. The molecule has 2 heterocycles. The maximum atomic E-state index is 13.0. The van der Waals surface area contributed by atoms with Crippen LogP contribution in [0.15, 0.2) is 23.0 Å². The first-order valence-corrected chi connectivity index (χ1v) is 11.6. The van der Waals surface area contributed by atoms with E-state index in [1.54, 1.807) is 6.33 Å². The summed E-state index contributed by atoms with van der Waals surface area (Å²) in [5.74, 6) is 3.05. The molecule has 0 aromatic carbocycles. The molecular weight excluding hydrogens is 346 g/mol. The molecule has 2 aromatic heterocycles. The average molecular weight is 378 g/mol. The van der Waals surface area contributed by atoms with Gasteiger partial charge in [-0.2, -0.15) is 0 Å². The molecule has 1 aliphatic rings. The van der Waals surface area contributed by atoms with Crippen LogP contribution < -0.4 is 4.90 Å². The van der Waals surface area contributed by atoms with Crippen LogP contribution in [-0.2, 0) is 9.73 Å². The number of H-pyrrole nitrogens is 1. The third-order valence-electron chi connectivity index (χ3n) is 5.41. The Hall–Kier alpha value is -1.63. The van der Waals surface area contributed by atoms with E-state index in [0.29, 0.717) is 18.5 Å². The highest BCUT2D eigenvalue weighted by Gasteiger charge is 2.27. The van der Waals surface area contributed by atoms with E-state index in [1.165, 1.54) is 0 Å². The first kappa shape index (κ1) is 19.1. The Morgan fingerprint density at radius 1 is 1.27 bits per heavy atom. The van der Waals surface area contributed by atoms with Gasteiger partial charge >= 0.3 is 0 Å². The van der Waals surface area contributed by atoms with Gasteiger partial charge in [-0.05, 0) is 51.0 Å². The molecule has 1 saturated carbocycles. The molecule has 26 heavy (non-hydrogen) atoms. The number of aromatic nitrogens is 3. The molecule has 0 amide bonds. The number of hydrogen-bond donors (Lipinski definition) is 1. The first-order valence-electron chi connectivity index (χ1n) is 9.75. The standard InChI is InChI=1S/C19H31N5OS/c1-4-12-26(25,23-5-2)13-15-6-8-16(9-7-15)24(3)19-17-10-11-20-18(17)21-14-22-19/h10-11,14-16H,4-9,12-13H2,1-3H3,(H,20,21,22). The zero-order valence-corrected chi connectivity index (χ0v) is 17.0. The van der Waals surface area contributed by atoms with Gasteiger partial charge in [0.1, 0.15) is 17.8 Å². The van der Waals surface area contributed by atoms with Crippen LogP contribution in [0, 0.1) is 5.92 Å². The highest BCUT2D eigenvalue weighted by Crippen LogP contribution is 2.32. The van der Waals surface area contributed by atoms with Crippen molar-refractivity contribution in [3.05, 3.63) is 18.6 Å². The zero-order chi connectivity index (χ0) is 18.6. The lowest BCUT2D eigenvalue weighted by atomic mass is 9.86. The van der Waals surface area contributed by atoms with E-state index < -0.39 is 9.73 Å². The van der Waals surface area contributed by atoms with Crippen LogP contribution in [0.1, 0.15) is 46.0 Å². The highest BCUT2D eigenvalue weighted by molar-refractivity contribution is 7.93. The predicted octanol–water partition coefficient (Wildman–Crippen LogP) is 3.85. The molecule has 0 spiro atoms. The summed E-state index contributed by atoms with van der Waals surface area (Å²) >= 11 is 0. The molecule has 1 atom stereocenters. The Balaban J connectivity index is 1.64. The summed E-state index contributed by atoms with van der Waals surface area (Å²) in [5, 5.41) is 1.07. The second-order valence-electron chi connectivity index (χ2n) is 7.31. The number of fused-ring (bicyclic) bond motifs is 1. The molecular formula is C19H31N5OS. The Kier molecular flexibility index (Phi) is 6.16. The fraction of sp³-hybridized carbons (Fsp3) is 0.684. The van der Waals surface area contributed by atoms with Crippen molar-refractivity contribution in [2.45, 2.75) is 52.0 Å². The van der Waals surface area contributed by atoms with Crippen LogP contribution in [0.3, 0.4) is 0 Å². The van der Waals surface area contributed by atoms with Crippen molar-refractivity contribution in [3.63, 3.8) is 0 Å². The molecule has 7 heteroatoms. The van der Waals surface area contributed by atoms with Gasteiger partial charge < -0.3 is 9.88 Å². The Bertz CT molecular complexity index is 831. The van der Waals surface area contributed by atoms with E-state index in [0.717, 1.165) is 60.5 Å². The van der Waals surface area contributed by atoms with E-state index >= 15 is 0 Å². The number of anilines is 1. The van der Waals surface area contributed by atoms with Crippen LogP contribution in [0.4, 0.5) is 5.82 Å². The highest BCUT2D eigenvalue weighted by atomic mass is 32.2. The minimum atomic E-state index is -2.01. The molecule has 1 unspecified atom stereocenters. The van der Waals surface area contributed by atoms with Crippen molar-refractivity contribution in [3.8, 4) is 0 Å². The third-order valence-corrected chi connectivity index (χ3v) is 8.18. The van der Waals surface area contributed by atoms with E-state index in [2.05, 4.69) is 38.2 Å². The van der Waals surface area contributed by atoms with E-state index in [1.807, 2.05) is 19.2 Å². The van der Waals surface area contributed by atoms with Crippen molar-refractivity contribution >= 4 is 26.6 Å². The minimum Gasteiger partial charge on any atom is -0.356 e. The Morgan fingerprint density at radius 2 is 2.04 bits per heavy atom. The lowest BCUT2D eigenvalue weighted by Crippen LogP contribution is -2.37. The van der Waals surface area contributed by atoms with Crippen molar-refractivity contribution in [2.75, 3.05) is 30.0 Å². The minimum absolute atomic E-state index is 0.476. The van der Waals surface area contributed by atoms with Crippen LogP contribution in [0.2, 0.25) is 0 Å². The summed E-state index contributed by atoms with van der Waals surface area (Å²) in [7, 11) is 0.118. The molecule has 144 valence electrons. The van der Waals surface area contributed by atoms with Gasteiger partial charge in [0.15, 0.2) is 0 Å². The van der Waals surface area contributed by atoms with Crippen molar-refractivity contribution in [1.82, 2.24) is 15.0 Å². The fourth-order valence-corrected chi connectivity index (χ4v) is 6.71. The summed E-state index contributed by atoms with van der Waals surface area (Å²) in [5.41, 5.74) is 0.885. The van der Waals surface area contributed by atoms with Gasteiger partial charge in [-0.15, -0.1) is 0 Å². The molecule has 0 aliphatic heterocycles. The normalized spacial score (nSPS) is 22.9. The van der Waals surface area contributed by atoms with E-state index in [-0.39, 0.29) is 0 Å². The van der Waals surface area contributed by atoms with Gasteiger partial charge in [-0.1, -0.05) is 6.92 Å². The molecule has 2 aromatic rings. The van der Waals surface area contributed by atoms with Crippen LogP contribution in [0.25, 0.3) is 11.0 Å². The van der Waals surface area contributed by atoms with Crippen LogP contribution >= 0.6 is 0 Å². The number of nitrogens with one attached hydrogen (secondary N) is 1. The molecule has 3 rings (SSSR count). The molecule has 1 aliphatic carbocycles. The molecule has 0 bridgehead atoms. The van der Waals surface area contributed by atoms with Gasteiger partial charge in [0.25, 0.3) is 0 Å². The first-order chi connectivity index (χ1) is 12.6. The predicted molar refractivity (Wildman–Crippen MR) is 109 cm³/mol. The Morgan fingerprint density at radius 3 is 2.73 bits per heavy atom. The third kappa shape index (κ3) is 4.19. The van der Waals surface area contributed by atoms with Gasteiger partial charge in [-0.3, -0.25) is 0 Å². The maximum Gasteiger partial charge on any atom is 0.142 e. The largest absolute Gasteiger partial charge is 0.356 e. The summed E-state index contributed by atoms with van der Waals surface area (Å²) in [6.45, 7) is 4.75. The van der Waals surface area contributed by atoms with Crippen molar-refractivity contribution in [2.24, 2.45) is 10.3 Å². The number of rotatable bonds is 7. The summed E-state index contributed by atoms with van der Waals surface area (Å²) in [6, 6.07) is 2.52. The van der Waals surface area contributed by atoms with Gasteiger partial charge in [0.05, 0.1) is 5.39 Å². The molecule has 6 nitrogen and oxygen atoms in total. The lowest BCUT2D eigenvalue weighted by Gasteiger charge is -2.35. The quantitative estimate of drug-likeness (QED) is 0.795. The summed E-state index contributed by atoms with van der Waals surface area (Å²) < 4.78 is 17.5. The van der Waals surface area contributed by atoms with Gasteiger partial charge in [0, 0.05) is 47.1 Å². The lowest BCUT2D eigenvalue weighted by molar-refractivity contribution is 0.342. The molecule has 0 radical (unpaired) electrons. The second kappa shape index (κ2) is 8.37. The summed E-state index contributed by atoms with van der Waals surface area (Å²) in [4.78, 5) is 14.2. The Labute approximate surface area is 157 Å². The monoisotopic (exact) mass is 377 g/mol. The topological polar surface area (TPSA) is 74.2 Å². The summed E-state index contributed by atoms with van der Waals surface area (Å²) in [6.07, 6.45) is 8.96. The fourth-order valence-electron chi connectivity index (χ4n) is 4.13. The average Bonchev–Trinajstić information content (AvgIpc) is 3.11.